The molecule has 1 aromatic heterocycles. The zero-order chi connectivity index (χ0) is 19.2. The number of para-hydroxylation sites is 3. The van der Waals surface area contributed by atoms with E-state index in [2.05, 4.69) is 15.6 Å². The molecule has 1 heterocycles. The van der Waals surface area contributed by atoms with Crippen LogP contribution in [0.2, 0.25) is 0 Å². The Kier molecular flexibility index (Phi) is 5.71. The molecule has 138 valence electrons. The van der Waals surface area contributed by atoms with Crippen LogP contribution in [0, 0.1) is 6.92 Å². The van der Waals surface area contributed by atoms with Gasteiger partial charge in [0.25, 0.3) is 5.91 Å². The van der Waals surface area contributed by atoms with Gasteiger partial charge in [-0.15, -0.1) is 0 Å². The summed E-state index contributed by atoms with van der Waals surface area (Å²) in [5, 5.41) is 6.20. The lowest BCUT2D eigenvalue weighted by Crippen LogP contribution is -2.15. The number of amides is 1. The highest BCUT2D eigenvalue weighted by Crippen LogP contribution is 2.26. The molecule has 3 aromatic rings. The summed E-state index contributed by atoms with van der Waals surface area (Å²) in [5.74, 6) is 0.346. The average Bonchev–Trinajstić information content (AvgIpc) is 2.65. The Morgan fingerprint density at radius 2 is 1.70 bits per heavy atom. The lowest BCUT2D eigenvalue weighted by Gasteiger charge is -2.15. The van der Waals surface area contributed by atoms with E-state index in [4.69, 9.17) is 4.74 Å². The van der Waals surface area contributed by atoms with Crippen LogP contribution >= 0.6 is 0 Å². The molecule has 2 aromatic carbocycles. The van der Waals surface area contributed by atoms with Gasteiger partial charge >= 0.3 is 0 Å². The summed E-state index contributed by atoms with van der Waals surface area (Å²) in [6, 6.07) is 18.9. The molecule has 0 aliphatic heterocycles. The van der Waals surface area contributed by atoms with Crippen molar-refractivity contribution < 1.29 is 9.53 Å². The molecular weight excluding hydrogens is 338 g/mol. The number of rotatable bonds is 6. The summed E-state index contributed by atoms with van der Waals surface area (Å²) in [5.41, 5.74) is 3.87. The number of nitrogens with zero attached hydrogens (tertiary/aromatic N) is 1. The number of anilines is 3. The van der Waals surface area contributed by atoms with Crippen molar-refractivity contribution in [2.75, 3.05) is 10.6 Å². The van der Waals surface area contributed by atoms with Crippen LogP contribution in [0.1, 0.15) is 29.9 Å². The molecule has 3 rings (SSSR count). The summed E-state index contributed by atoms with van der Waals surface area (Å²) >= 11 is 0. The fraction of sp³-hybridized carbons (Fsp3) is 0.182. The summed E-state index contributed by atoms with van der Waals surface area (Å²) < 4.78 is 5.75. The number of hydrogen-bond acceptors (Lipinski definition) is 4. The molecule has 27 heavy (non-hydrogen) atoms. The first-order chi connectivity index (χ1) is 13.0. The predicted octanol–water partition coefficient (Wildman–Crippen LogP) is 5.17. The highest BCUT2D eigenvalue weighted by molar-refractivity contribution is 6.04. The van der Waals surface area contributed by atoms with Crippen LogP contribution in [0.15, 0.2) is 66.9 Å². The van der Waals surface area contributed by atoms with Crippen molar-refractivity contribution in [3.63, 3.8) is 0 Å². The molecule has 1 amide bonds. The molecule has 0 bridgehead atoms. The average molecular weight is 361 g/mol. The molecule has 0 atom stereocenters. The number of aromatic nitrogens is 1. The van der Waals surface area contributed by atoms with E-state index < -0.39 is 0 Å². The van der Waals surface area contributed by atoms with Gasteiger partial charge in [0, 0.05) is 17.6 Å². The fourth-order valence-corrected chi connectivity index (χ4v) is 2.61. The van der Waals surface area contributed by atoms with Gasteiger partial charge in [-0.2, -0.15) is 0 Å². The Morgan fingerprint density at radius 3 is 2.44 bits per heavy atom. The fourth-order valence-electron chi connectivity index (χ4n) is 2.61. The SMILES string of the molecule is Cc1ccccc1Nc1ccnc(C(=O)Nc2ccccc2OC(C)C)c1. The Morgan fingerprint density at radius 1 is 1.00 bits per heavy atom. The van der Waals surface area contributed by atoms with Gasteiger partial charge < -0.3 is 15.4 Å². The molecule has 0 fully saturated rings. The van der Waals surface area contributed by atoms with Gasteiger partial charge in [-0.3, -0.25) is 9.78 Å². The second kappa shape index (κ2) is 8.36. The summed E-state index contributed by atoms with van der Waals surface area (Å²) in [6.07, 6.45) is 1.63. The van der Waals surface area contributed by atoms with Gasteiger partial charge in [-0.25, -0.2) is 0 Å². The maximum absolute atomic E-state index is 12.7. The summed E-state index contributed by atoms with van der Waals surface area (Å²) in [7, 11) is 0. The highest BCUT2D eigenvalue weighted by Gasteiger charge is 2.12. The standard InChI is InChI=1S/C22H23N3O2/c1-15(2)27-21-11-7-6-10-19(21)25-22(26)20-14-17(12-13-23-20)24-18-9-5-4-8-16(18)3/h4-15H,1-3H3,(H,23,24)(H,25,26). The second-order valence-corrected chi connectivity index (χ2v) is 6.49. The Hall–Kier alpha value is -3.34. The van der Waals surface area contributed by atoms with Gasteiger partial charge in [0.1, 0.15) is 11.4 Å². The number of carbonyl (C=O) groups is 1. The molecule has 0 aliphatic rings. The normalized spacial score (nSPS) is 10.5. The van der Waals surface area contributed by atoms with Crippen LogP contribution in [0.25, 0.3) is 0 Å². The Labute approximate surface area is 159 Å². The number of benzene rings is 2. The second-order valence-electron chi connectivity index (χ2n) is 6.49. The Balaban J connectivity index is 1.77. The van der Waals surface area contributed by atoms with Crippen molar-refractivity contribution in [2.24, 2.45) is 0 Å². The van der Waals surface area contributed by atoms with E-state index in [9.17, 15) is 4.79 Å². The third kappa shape index (κ3) is 4.85. The minimum absolute atomic E-state index is 0.0165. The number of pyridine rings is 1. The van der Waals surface area contributed by atoms with E-state index >= 15 is 0 Å². The number of hydrogen-bond donors (Lipinski definition) is 2. The van der Waals surface area contributed by atoms with Crippen molar-refractivity contribution in [2.45, 2.75) is 26.9 Å². The lowest BCUT2D eigenvalue weighted by atomic mass is 10.2. The van der Waals surface area contributed by atoms with Crippen LogP contribution in [0.3, 0.4) is 0 Å². The monoisotopic (exact) mass is 361 g/mol. The van der Waals surface area contributed by atoms with Crippen molar-refractivity contribution in [3.8, 4) is 5.75 Å². The molecule has 0 saturated carbocycles. The van der Waals surface area contributed by atoms with E-state index in [1.54, 1.807) is 12.3 Å². The number of ether oxygens (including phenoxy) is 1. The van der Waals surface area contributed by atoms with Crippen LogP contribution in [-0.4, -0.2) is 17.0 Å². The lowest BCUT2D eigenvalue weighted by molar-refractivity contribution is 0.102. The predicted molar refractivity (Wildman–Crippen MR) is 109 cm³/mol. The van der Waals surface area contributed by atoms with Gasteiger partial charge in [-0.1, -0.05) is 30.3 Å². The zero-order valence-electron chi connectivity index (χ0n) is 15.7. The first-order valence-electron chi connectivity index (χ1n) is 8.88. The molecule has 5 nitrogen and oxygen atoms in total. The highest BCUT2D eigenvalue weighted by atomic mass is 16.5. The first kappa shape index (κ1) is 18.5. The first-order valence-corrected chi connectivity index (χ1v) is 8.88. The maximum Gasteiger partial charge on any atom is 0.274 e. The van der Waals surface area contributed by atoms with E-state index in [0.717, 1.165) is 16.9 Å². The number of carbonyl (C=O) groups excluding carboxylic acids is 1. The summed E-state index contributed by atoms with van der Waals surface area (Å²) in [4.78, 5) is 16.9. The van der Waals surface area contributed by atoms with Crippen LogP contribution in [0.4, 0.5) is 17.1 Å². The number of aryl methyl sites for hydroxylation is 1. The molecule has 5 heteroatoms. The molecule has 0 radical (unpaired) electrons. The molecule has 0 unspecified atom stereocenters. The topological polar surface area (TPSA) is 63.2 Å². The van der Waals surface area contributed by atoms with Gasteiger partial charge in [0.15, 0.2) is 0 Å². The van der Waals surface area contributed by atoms with Crippen molar-refractivity contribution in [3.05, 3.63) is 78.1 Å². The van der Waals surface area contributed by atoms with Crippen molar-refractivity contribution in [1.29, 1.82) is 0 Å². The molecular formula is C22H23N3O2. The van der Waals surface area contributed by atoms with Gasteiger partial charge in [-0.05, 0) is 56.7 Å². The zero-order valence-corrected chi connectivity index (χ0v) is 15.7. The van der Waals surface area contributed by atoms with Crippen molar-refractivity contribution >= 4 is 23.0 Å². The van der Waals surface area contributed by atoms with E-state index in [1.165, 1.54) is 0 Å². The van der Waals surface area contributed by atoms with Crippen LogP contribution < -0.4 is 15.4 Å². The molecule has 0 saturated heterocycles. The quantitative estimate of drug-likeness (QED) is 0.635. The molecule has 2 N–H and O–H groups in total. The Bertz CT molecular complexity index is 938. The third-order valence-corrected chi connectivity index (χ3v) is 3.91. The molecule has 0 spiro atoms. The maximum atomic E-state index is 12.7. The van der Waals surface area contributed by atoms with E-state index in [-0.39, 0.29) is 12.0 Å². The summed E-state index contributed by atoms with van der Waals surface area (Å²) in [6.45, 7) is 5.92. The van der Waals surface area contributed by atoms with Gasteiger partial charge in [0.2, 0.25) is 0 Å². The van der Waals surface area contributed by atoms with Gasteiger partial charge in [0.05, 0.1) is 11.8 Å². The van der Waals surface area contributed by atoms with E-state index in [1.807, 2.05) is 75.4 Å². The smallest absolute Gasteiger partial charge is 0.274 e. The number of nitrogens with one attached hydrogen (secondary N) is 2. The van der Waals surface area contributed by atoms with E-state index in [0.29, 0.717) is 17.1 Å². The van der Waals surface area contributed by atoms with Crippen LogP contribution in [-0.2, 0) is 0 Å². The third-order valence-electron chi connectivity index (χ3n) is 3.91. The largest absolute Gasteiger partial charge is 0.489 e. The van der Waals surface area contributed by atoms with Crippen molar-refractivity contribution in [1.82, 2.24) is 4.98 Å². The van der Waals surface area contributed by atoms with Crippen LogP contribution in [0.5, 0.6) is 5.75 Å². The minimum atomic E-state index is -0.289. The minimum Gasteiger partial charge on any atom is -0.489 e. The molecule has 0 aliphatic carbocycles.